The maximum absolute atomic E-state index is 6.29. The summed E-state index contributed by atoms with van der Waals surface area (Å²) in [5, 5.41) is 4.40. The molecule has 178 valence electrons. The van der Waals surface area contributed by atoms with E-state index in [1.807, 2.05) is 36.4 Å². The molecule has 0 atom stereocenters. The lowest BCUT2D eigenvalue weighted by Gasteiger charge is -2.17. The van der Waals surface area contributed by atoms with Gasteiger partial charge >= 0.3 is 0 Å². The Morgan fingerprint density at radius 3 is 1.94 bits per heavy atom. The molecule has 1 aliphatic rings. The smallest absolute Gasteiger partial charge is 0.227 e. The normalized spacial score (nSPS) is 14.1. The quantitative estimate of drug-likeness (QED) is 0.222. The third-order valence-electron chi connectivity index (χ3n) is 6.01. The molecule has 0 aromatic heterocycles. The summed E-state index contributed by atoms with van der Waals surface area (Å²) in [5.41, 5.74) is 4.58. The summed E-state index contributed by atoms with van der Waals surface area (Å²) in [6, 6.07) is 31.6. The van der Waals surface area contributed by atoms with Crippen molar-refractivity contribution in [3.63, 3.8) is 0 Å². The fraction of sp³-hybridized carbons (Fsp3) is 0.0667. The summed E-state index contributed by atoms with van der Waals surface area (Å²) in [5.74, 6) is 2.99. The zero-order chi connectivity index (χ0) is 24.3. The predicted molar refractivity (Wildman–Crippen MR) is 139 cm³/mol. The number of fused-ring (bicyclic) bond motifs is 7. The van der Waals surface area contributed by atoms with E-state index < -0.39 is 0 Å². The fourth-order valence-electron chi connectivity index (χ4n) is 4.38. The van der Waals surface area contributed by atoms with E-state index in [0.717, 1.165) is 38.4 Å². The first-order chi connectivity index (χ1) is 17.8. The molecule has 1 aliphatic heterocycles. The van der Waals surface area contributed by atoms with Gasteiger partial charge in [0.2, 0.25) is 5.76 Å². The van der Waals surface area contributed by atoms with Gasteiger partial charge in [0.15, 0.2) is 12.4 Å². The number of hydroxylamine groups is 1. The zero-order valence-electron chi connectivity index (χ0n) is 19.6. The number of hydrogen-bond acceptors (Lipinski definition) is 6. The van der Waals surface area contributed by atoms with Gasteiger partial charge in [0.25, 0.3) is 0 Å². The lowest BCUT2D eigenvalue weighted by Crippen LogP contribution is -2.11. The molecule has 0 bridgehead atoms. The van der Waals surface area contributed by atoms with Crippen molar-refractivity contribution in [3.05, 3.63) is 109 Å². The minimum atomic E-state index is 0.123. The molecule has 0 fully saturated rings. The molecule has 6 nitrogen and oxygen atoms in total. The first-order valence-electron chi connectivity index (χ1n) is 11.6. The zero-order valence-corrected chi connectivity index (χ0v) is 19.6. The maximum atomic E-state index is 6.29. The Labute approximate surface area is 208 Å². The average Bonchev–Trinajstić information content (AvgIpc) is 3.00. The van der Waals surface area contributed by atoms with Crippen LogP contribution in [0.25, 0.3) is 32.7 Å². The van der Waals surface area contributed by atoms with Crippen molar-refractivity contribution in [1.82, 2.24) is 5.48 Å². The Bertz CT molecular complexity index is 1580. The van der Waals surface area contributed by atoms with Gasteiger partial charge in [-0.25, -0.2) is 0 Å². The van der Waals surface area contributed by atoms with Gasteiger partial charge in [0.05, 0.1) is 0 Å². The first kappa shape index (κ1) is 21.8. The SMILES string of the molecule is CNOc1ccc(OO/C2=C/Oc3ccc4ccccc4c3-c3c(ccc4ccccc34)OC2)cc1. The minimum absolute atomic E-state index is 0.123. The van der Waals surface area contributed by atoms with Crippen molar-refractivity contribution in [2.45, 2.75) is 0 Å². The Hall–Kier alpha value is -4.68. The lowest BCUT2D eigenvalue weighted by molar-refractivity contribution is -0.173. The molecule has 1 heterocycles. The van der Waals surface area contributed by atoms with Gasteiger partial charge in [-0.1, -0.05) is 60.7 Å². The molecular weight excluding hydrogens is 454 g/mol. The van der Waals surface area contributed by atoms with Crippen LogP contribution in [-0.4, -0.2) is 13.7 Å². The van der Waals surface area contributed by atoms with Crippen LogP contribution in [0.15, 0.2) is 109 Å². The molecule has 0 radical (unpaired) electrons. The molecular formula is C30H23NO5. The summed E-state index contributed by atoms with van der Waals surface area (Å²) in [7, 11) is 1.69. The number of ether oxygens (including phenoxy) is 2. The third-order valence-corrected chi connectivity index (χ3v) is 6.01. The average molecular weight is 478 g/mol. The highest BCUT2D eigenvalue weighted by molar-refractivity contribution is 6.09. The number of rotatable bonds is 5. The van der Waals surface area contributed by atoms with Crippen LogP contribution < -0.4 is 24.7 Å². The highest BCUT2D eigenvalue weighted by Crippen LogP contribution is 2.46. The highest BCUT2D eigenvalue weighted by atomic mass is 17.2. The predicted octanol–water partition coefficient (Wildman–Crippen LogP) is 6.80. The van der Waals surface area contributed by atoms with Gasteiger partial charge in [-0.3, -0.25) is 9.78 Å². The molecule has 0 unspecified atom stereocenters. The second kappa shape index (κ2) is 9.52. The third kappa shape index (κ3) is 4.15. The van der Waals surface area contributed by atoms with Crippen molar-refractivity contribution in [2.75, 3.05) is 13.7 Å². The van der Waals surface area contributed by atoms with Crippen LogP contribution in [-0.2, 0) is 4.89 Å². The number of hydrogen-bond donors (Lipinski definition) is 1. The Kier molecular flexibility index (Phi) is 5.77. The molecule has 6 heteroatoms. The van der Waals surface area contributed by atoms with Gasteiger partial charge in [-0.2, -0.15) is 5.48 Å². The van der Waals surface area contributed by atoms with Crippen molar-refractivity contribution < 1.29 is 24.1 Å². The standard InChI is InChI=1S/C30H23NO5/c1-31-34-22-12-14-23(15-13-22)35-36-24-18-32-27-16-10-20-6-2-4-8-25(20)29(27)30-26-9-5-3-7-21(26)11-17-28(30)33-19-24/h2-18,31H,19H2,1H3/b24-18+. The van der Waals surface area contributed by atoms with Gasteiger partial charge in [0.1, 0.15) is 23.5 Å². The Morgan fingerprint density at radius 1 is 0.639 bits per heavy atom. The van der Waals surface area contributed by atoms with E-state index >= 15 is 0 Å². The molecule has 0 amide bonds. The van der Waals surface area contributed by atoms with Crippen molar-refractivity contribution in [3.8, 4) is 34.1 Å². The van der Waals surface area contributed by atoms with Crippen LogP contribution in [0.5, 0.6) is 23.0 Å². The van der Waals surface area contributed by atoms with Gasteiger partial charge in [-0.05, 0) is 57.9 Å². The first-order valence-corrected chi connectivity index (χ1v) is 11.6. The summed E-state index contributed by atoms with van der Waals surface area (Å²) in [4.78, 5) is 16.4. The molecule has 0 aliphatic carbocycles. The molecule has 0 spiro atoms. The summed E-state index contributed by atoms with van der Waals surface area (Å²) >= 11 is 0. The second-order valence-electron chi connectivity index (χ2n) is 8.25. The fourth-order valence-corrected chi connectivity index (χ4v) is 4.38. The van der Waals surface area contributed by atoms with Gasteiger partial charge < -0.3 is 14.3 Å². The van der Waals surface area contributed by atoms with Crippen LogP contribution in [0.4, 0.5) is 0 Å². The second-order valence-corrected chi connectivity index (χ2v) is 8.25. The molecule has 0 saturated heterocycles. The van der Waals surface area contributed by atoms with E-state index in [2.05, 4.69) is 41.9 Å². The van der Waals surface area contributed by atoms with Gasteiger partial charge in [-0.15, -0.1) is 0 Å². The molecule has 36 heavy (non-hydrogen) atoms. The van der Waals surface area contributed by atoms with Crippen molar-refractivity contribution in [1.29, 1.82) is 0 Å². The topological polar surface area (TPSA) is 58.2 Å². The monoisotopic (exact) mass is 477 g/mol. The molecule has 6 rings (SSSR count). The summed E-state index contributed by atoms with van der Waals surface area (Å²) in [6.07, 6.45) is 1.53. The minimum Gasteiger partial charge on any atom is -0.485 e. The molecule has 1 N–H and O–H groups in total. The van der Waals surface area contributed by atoms with E-state index in [1.165, 1.54) is 6.26 Å². The Morgan fingerprint density at radius 2 is 1.25 bits per heavy atom. The maximum Gasteiger partial charge on any atom is 0.227 e. The van der Waals surface area contributed by atoms with Crippen LogP contribution in [0.2, 0.25) is 0 Å². The summed E-state index contributed by atoms with van der Waals surface area (Å²) in [6.45, 7) is 0.123. The van der Waals surface area contributed by atoms with Crippen molar-refractivity contribution in [2.24, 2.45) is 0 Å². The van der Waals surface area contributed by atoms with Gasteiger partial charge in [0, 0.05) is 18.2 Å². The molecule has 0 saturated carbocycles. The lowest BCUT2D eigenvalue weighted by atomic mass is 9.92. The summed E-state index contributed by atoms with van der Waals surface area (Å²) < 4.78 is 12.5. The Balaban J connectivity index is 1.40. The molecule has 5 aromatic carbocycles. The molecule has 5 aromatic rings. The number of benzene rings is 5. The van der Waals surface area contributed by atoms with E-state index in [9.17, 15) is 0 Å². The van der Waals surface area contributed by atoms with Crippen LogP contribution >= 0.6 is 0 Å². The van der Waals surface area contributed by atoms with E-state index in [0.29, 0.717) is 23.0 Å². The van der Waals surface area contributed by atoms with Crippen LogP contribution in [0.1, 0.15) is 0 Å². The highest BCUT2D eigenvalue weighted by Gasteiger charge is 2.21. The van der Waals surface area contributed by atoms with Crippen LogP contribution in [0.3, 0.4) is 0 Å². The number of nitrogens with one attached hydrogen (secondary N) is 1. The van der Waals surface area contributed by atoms with Crippen LogP contribution in [0, 0.1) is 0 Å². The van der Waals surface area contributed by atoms with E-state index in [1.54, 1.807) is 31.3 Å². The van der Waals surface area contributed by atoms with E-state index in [-0.39, 0.29) is 6.61 Å². The largest absolute Gasteiger partial charge is 0.485 e. The van der Waals surface area contributed by atoms with E-state index in [4.69, 9.17) is 24.1 Å². The van der Waals surface area contributed by atoms with Crippen molar-refractivity contribution >= 4 is 21.5 Å².